The Hall–Kier alpha value is -14.8. The molecule has 2 nitrogen and oxygen atoms in total. The van der Waals surface area contributed by atoms with E-state index in [1.165, 1.54) is 234 Å². The number of para-hydroxylation sites is 3. The lowest BCUT2D eigenvalue weighted by Crippen LogP contribution is -2.15. The van der Waals surface area contributed by atoms with E-state index in [4.69, 9.17) is 0 Å². The third-order valence-corrected chi connectivity index (χ3v) is 29.2. The minimum atomic E-state index is -0.0965. The maximum atomic E-state index is 2.49. The van der Waals surface area contributed by atoms with Crippen molar-refractivity contribution in [2.45, 2.75) is 38.5 Å². The maximum Gasteiger partial charge on any atom is 0.0547 e. The maximum absolute atomic E-state index is 2.49. The Labute approximate surface area is 729 Å². The van der Waals surface area contributed by atoms with Crippen LogP contribution in [0.3, 0.4) is 0 Å². The van der Waals surface area contributed by atoms with E-state index in [9.17, 15) is 0 Å². The van der Waals surface area contributed by atoms with Crippen LogP contribution in [0.5, 0.6) is 0 Å². The zero-order chi connectivity index (χ0) is 82.5. The van der Waals surface area contributed by atoms with Crippen LogP contribution in [0, 0.1) is 0 Å². The second kappa shape index (κ2) is 29.0. The summed E-state index contributed by atoms with van der Waals surface area (Å²) in [6.45, 7) is 9.48. The monoisotopic (exact) mass is 1610 g/mol. The molecule has 0 saturated heterocycles. The lowest BCUT2D eigenvalue weighted by molar-refractivity contribution is 0.660. The van der Waals surface area contributed by atoms with E-state index in [1.54, 1.807) is 0 Å². The van der Waals surface area contributed by atoms with Gasteiger partial charge in [0.2, 0.25) is 0 Å². The molecule has 0 bridgehead atoms. The molecule has 584 valence electrons. The summed E-state index contributed by atoms with van der Waals surface area (Å²) < 4.78 is 10.2. The Morgan fingerprint density at radius 3 is 0.968 bits per heavy atom. The van der Waals surface area contributed by atoms with Crippen molar-refractivity contribution in [3.63, 3.8) is 0 Å². The van der Waals surface area contributed by atoms with Crippen LogP contribution in [0.4, 0.5) is 0 Å². The first-order valence-corrected chi connectivity index (χ1v) is 44.7. The topological polar surface area (TPSA) is 9.86 Å². The molecule has 4 heteroatoms. The molecule has 4 aromatic heterocycles. The minimum absolute atomic E-state index is 0.0894. The number of thiophene rings is 2. The minimum Gasteiger partial charge on any atom is -0.309 e. The number of nitrogens with zero attached hydrogens (tertiary/aromatic N) is 2. The van der Waals surface area contributed by atoms with Crippen LogP contribution in [0.25, 0.3) is 218 Å². The Kier molecular flexibility index (Phi) is 17.1. The molecule has 2 aliphatic carbocycles. The summed E-state index contributed by atoms with van der Waals surface area (Å²) in [6.07, 6.45) is 0. The average Bonchev–Trinajstić information content (AvgIpc) is 1.57. The first kappa shape index (κ1) is 73.2. The summed E-state index contributed by atoms with van der Waals surface area (Å²) in [5.74, 6) is 0. The molecule has 0 N–H and O–H groups in total. The van der Waals surface area contributed by atoms with Gasteiger partial charge >= 0.3 is 0 Å². The van der Waals surface area contributed by atoms with Crippen LogP contribution in [-0.4, -0.2) is 9.13 Å². The van der Waals surface area contributed by atoms with Crippen LogP contribution >= 0.6 is 22.7 Å². The largest absolute Gasteiger partial charge is 0.309 e. The highest BCUT2D eigenvalue weighted by Gasteiger charge is 2.37. The standard InChI is InChI=1S/C63H43NS.C57H39NS/c1-63(2)57-22-12-9-19-50(57)51-32-30-49(39-58(51)63)64-59-23-13-10-20-52(59)53-31-29-44(38-60(53)64)46-33-45(42-27-25-41(26-28-42)40-15-5-3-6-16-40)34-47(35-46)48-36-55(43-17-7-4-8-18-43)62-56(37-48)54-21-11-14-24-61(54)65-62;1-57(2)51-22-12-9-19-44(51)45-27-25-37(34-52(45)57)39-29-40(38-26-28-47-46-20-10-13-23-53(46)58(54(47)35-38)43-17-7-4-8-18-43)31-41(30-39)42-32-49(36-15-5-3-6-16-36)56-50(33-42)48-21-11-14-24-55(48)59-56/h3-39H,1-2H3;3-35H,1-2H3. The fourth-order valence-corrected chi connectivity index (χ4v) is 23.0. The molecule has 124 heavy (non-hydrogen) atoms. The van der Waals surface area contributed by atoms with Gasteiger partial charge in [-0.05, 0) is 261 Å². The molecule has 4 heterocycles. The van der Waals surface area contributed by atoms with E-state index in [0.717, 1.165) is 5.69 Å². The van der Waals surface area contributed by atoms with Crippen molar-refractivity contribution >= 4 is 107 Å². The van der Waals surface area contributed by atoms with Gasteiger partial charge in [0.1, 0.15) is 0 Å². The van der Waals surface area contributed by atoms with Gasteiger partial charge in [0.05, 0.1) is 22.1 Å². The molecule has 2 aliphatic rings. The van der Waals surface area contributed by atoms with Crippen LogP contribution < -0.4 is 0 Å². The van der Waals surface area contributed by atoms with E-state index < -0.39 is 0 Å². The fraction of sp³-hybridized carbons (Fsp3) is 0.0500. The van der Waals surface area contributed by atoms with Crippen molar-refractivity contribution in [1.29, 1.82) is 0 Å². The summed E-state index contributed by atoms with van der Waals surface area (Å²) in [4.78, 5) is 0. The molecule has 23 aromatic rings. The second-order valence-electron chi connectivity index (χ2n) is 34.6. The van der Waals surface area contributed by atoms with Gasteiger partial charge in [-0.2, -0.15) is 0 Å². The number of hydrogen-bond donors (Lipinski definition) is 0. The van der Waals surface area contributed by atoms with E-state index in [-0.39, 0.29) is 10.8 Å². The molecule has 0 aliphatic heterocycles. The van der Waals surface area contributed by atoms with Crippen LogP contribution in [0.15, 0.2) is 425 Å². The highest BCUT2D eigenvalue weighted by molar-refractivity contribution is 7.26. The Bertz CT molecular complexity index is 8260. The van der Waals surface area contributed by atoms with E-state index >= 15 is 0 Å². The Morgan fingerprint density at radius 1 is 0.169 bits per heavy atom. The van der Waals surface area contributed by atoms with Gasteiger partial charge in [0.15, 0.2) is 0 Å². The first-order valence-electron chi connectivity index (χ1n) is 43.1. The molecule has 0 atom stereocenters. The normalized spacial score (nSPS) is 13.0. The number of benzene rings is 19. The summed E-state index contributed by atoms with van der Waals surface area (Å²) in [6, 6.07) is 158. The van der Waals surface area contributed by atoms with Crippen LogP contribution in [0.2, 0.25) is 0 Å². The summed E-state index contributed by atoms with van der Waals surface area (Å²) >= 11 is 3.78. The molecule has 0 saturated carbocycles. The van der Waals surface area contributed by atoms with E-state index in [0.29, 0.717) is 0 Å². The van der Waals surface area contributed by atoms with Crippen LogP contribution in [0.1, 0.15) is 49.9 Å². The van der Waals surface area contributed by atoms with Gasteiger partial charge in [-0.3, -0.25) is 0 Å². The molecule has 0 unspecified atom stereocenters. The lowest BCUT2D eigenvalue weighted by atomic mass is 9.81. The number of hydrogen-bond acceptors (Lipinski definition) is 2. The Balaban J connectivity index is 0.000000140. The average molecular weight is 1620 g/mol. The first-order chi connectivity index (χ1) is 60.9. The smallest absolute Gasteiger partial charge is 0.0547 e. The van der Waals surface area contributed by atoms with Crippen LogP contribution in [-0.2, 0) is 10.8 Å². The second-order valence-corrected chi connectivity index (χ2v) is 36.7. The predicted octanol–water partition coefficient (Wildman–Crippen LogP) is 33.9. The zero-order valence-corrected chi connectivity index (χ0v) is 70.8. The molecule has 25 rings (SSSR count). The lowest BCUT2D eigenvalue weighted by Gasteiger charge is -2.22. The van der Waals surface area contributed by atoms with E-state index in [2.05, 4.69) is 461 Å². The van der Waals surface area contributed by atoms with Crippen molar-refractivity contribution < 1.29 is 0 Å². The SMILES string of the molecule is CC1(C)c2ccccc2-c2ccc(-c3cc(-c4cc(-c5ccccc5)c5sc6ccccc6c5c4)cc(-c4ccc5c6ccccc6n(-c6ccccc6)c5c4)c3)cc21.CC1(C)c2ccccc2-c2ccc(-n3c4ccccc4c4ccc(-c5cc(-c6ccc(-c7ccccc7)cc6)cc(-c6cc(-c7ccccc7)c7sc8ccccc8c7c6)c5)cc43)cc21. The number of fused-ring (bicyclic) bond motifs is 18. The summed E-state index contributed by atoms with van der Waals surface area (Å²) in [5, 5.41) is 10.2. The fourth-order valence-electron chi connectivity index (χ4n) is 20.5. The van der Waals surface area contributed by atoms with E-state index in [1.807, 2.05) is 22.7 Å². The summed E-state index contributed by atoms with van der Waals surface area (Å²) in [7, 11) is 0. The van der Waals surface area contributed by atoms with Crippen molar-refractivity contribution in [2.24, 2.45) is 0 Å². The van der Waals surface area contributed by atoms with Crippen molar-refractivity contribution in [2.75, 3.05) is 0 Å². The van der Waals surface area contributed by atoms with Gasteiger partial charge < -0.3 is 9.13 Å². The van der Waals surface area contributed by atoms with Crippen molar-refractivity contribution in [3.8, 4) is 134 Å². The van der Waals surface area contributed by atoms with Gasteiger partial charge in [0.25, 0.3) is 0 Å². The predicted molar refractivity (Wildman–Crippen MR) is 531 cm³/mol. The molecular weight excluding hydrogens is 1530 g/mol. The zero-order valence-electron chi connectivity index (χ0n) is 69.1. The highest BCUT2D eigenvalue weighted by atomic mass is 32.1. The van der Waals surface area contributed by atoms with Gasteiger partial charge in [0, 0.05) is 95.2 Å². The molecular formula is C120H82N2S2. The van der Waals surface area contributed by atoms with Gasteiger partial charge in [-0.25, -0.2) is 0 Å². The molecule has 0 amide bonds. The summed E-state index contributed by atoms with van der Waals surface area (Å²) in [5.41, 5.74) is 39.8. The molecule has 19 aromatic carbocycles. The van der Waals surface area contributed by atoms with Crippen molar-refractivity contribution in [3.05, 3.63) is 447 Å². The molecule has 0 fully saturated rings. The van der Waals surface area contributed by atoms with Crippen molar-refractivity contribution in [1.82, 2.24) is 9.13 Å². The van der Waals surface area contributed by atoms with Gasteiger partial charge in [-0.1, -0.05) is 325 Å². The third-order valence-electron chi connectivity index (χ3n) is 26.8. The third kappa shape index (κ3) is 12.0. The Morgan fingerprint density at radius 2 is 0.484 bits per heavy atom. The quantitative estimate of drug-likeness (QED) is 0.122. The van der Waals surface area contributed by atoms with Gasteiger partial charge in [-0.15, -0.1) is 22.7 Å². The molecule has 0 spiro atoms. The molecule has 0 radical (unpaired) electrons. The number of rotatable bonds is 11. The highest BCUT2D eigenvalue weighted by Crippen LogP contribution is 2.54. The number of aromatic nitrogens is 2.